The average Bonchev–Trinajstić information content (AvgIpc) is 2.68. The number of nitriles is 2. The van der Waals surface area contributed by atoms with Gasteiger partial charge in [0.05, 0.1) is 24.1 Å². The zero-order valence-corrected chi connectivity index (χ0v) is 10.9. The first kappa shape index (κ1) is 13.6. The second kappa shape index (κ2) is 5.02. The molecular weight excluding hydrogens is 256 g/mol. The first-order valence-electron chi connectivity index (χ1n) is 6.04. The lowest BCUT2D eigenvalue weighted by molar-refractivity contribution is -0.131. The van der Waals surface area contributed by atoms with Gasteiger partial charge in [-0.2, -0.15) is 10.5 Å². The second-order valence-corrected chi connectivity index (χ2v) is 4.61. The van der Waals surface area contributed by atoms with Gasteiger partial charge in [-0.15, -0.1) is 0 Å². The minimum Gasteiger partial charge on any atom is -0.319 e. The quantitative estimate of drug-likeness (QED) is 0.834. The van der Waals surface area contributed by atoms with Crippen LogP contribution in [0.2, 0.25) is 0 Å². The first-order chi connectivity index (χ1) is 9.52. The summed E-state index contributed by atoms with van der Waals surface area (Å²) in [5.74, 6) is -0.409. The summed E-state index contributed by atoms with van der Waals surface area (Å²) in [5, 5.41) is 20.1. The first-order valence-corrected chi connectivity index (χ1v) is 6.04. The van der Waals surface area contributed by atoms with Gasteiger partial charge >= 0.3 is 6.03 Å². The number of benzene rings is 1. The lowest BCUT2D eigenvalue weighted by Gasteiger charge is -2.22. The molecule has 20 heavy (non-hydrogen) atoms. The molecule has 6 heteroatoms. The highest BCUT2D eigenvalue weighted by molar-refractivity contribution is 6.07. The van der Waals surface area contributed by atoms with Crippen LogP contribution in [0.15, 0.2) is 24.3 Å². The number of nitrogens with one attached hydrogen (secondary N) is 1. The van der Waals surface area contributed by atoms with E-state index >= 15 is 0 Å². The van der Waals surface area contributed by atoms with Crippen molar-refractivity contribution >= 4 is 11.9 Å². The third kappa shape index (κ3) is 2.08. The van der Waals surface area contributed by atoms with E-state index in [-0.39, 0.29) is 13.0 Å². The Hall–Kier alpha value is -2.86. The molecule has 1 saturated heterocycles. The molecular formula is C14H12N4O2. The Labute approximate surface area is 116 Å². The van der Waals surface area contributed by atoms with Crippen molar-refractivity contribution in [3.8, 4) is 12.1 Å². The van der Waals surface area contributed by atoms with Crippen molar-refractivity contribution in [3.63, 3.8) is 0 Å². The van der Waals surface area contributed by atoms with E-state index in [1.165, 1.54) is 0 Å². The van der Waals surface area contributed by atoms with Crippen LogP contribution in [0.5, 0.6) is 0 Å². The maximum atomic E-state index is 12.4. The summed E-state index contributed by atoms with van der Waals surface area (Å²) in [4.78, 5) is 25.3. The zero-order chi connectivity index (χ0) is 14.8. The van der Waals surface area contributed by atoms with E-state index in [0.29, 0.717) is 11.1 Å². The largest absolute Gasteiger partial charge is 0.325 e. The van der Waals surface area contributed by atoms with Gasteiger partial charge in [0.1, 0.15) is 5.54 Å². The second-order valence-electron chi connectivity index (χ2n) is 4.61. The molecule has 1 N–H and O–H groups in total. The van der Waals surface area contributed by atoms with Gasteiger partial charge in [-0.3, -0.25) is 9.69 Å². The Balaban J connectivity index is 2.36. The monoisotopic (exact) mass is 268 g/mol. The summed E-state index contributed by atoms with van der Waals surface area (Å²) in [7, 11) is 0. The zero-order valence-electron chi connectivity index (χ0n) is 10.9. The molecule has 1 atom stereocenters. The van der Waals surface area contributed by atoms with E-state index in [2.05, 4.69) is 5.32 Å². The molecule has 1 fully saturated rings. The number of nitrogens with zero attached hydrogens (tertiary/aromatic N) is 3. The number of hydrogen-bond donors (Lipinski definition) is 1. The van der Waals surface area contributed by atoms with Crippen LogP contribution < -0.4 is 5.32 Å². The number of carbonyl (C=O) groups is 2. The van der Waals surface area contributed by atoms with Gasteiger partial charge in [-0.25, -0.2) is 4.79 Å². The van der Waals surface area contributed by atoms with Crippen LogP contribution in [0.3, 0.4) is 0 Å². The van der Waals surface area contributed by atoms with Crippen molar-refractivity contribution in [3.05, 3.63) is 35.4 Å². The lowest BCUT2D eigenvalue weighted by atomic mass is 9.91. The topological polar surface area (TPSA) is 97.0 Å². The fourth-order valence-corrected chi connectivity index (χ4v) is 2.16. The van der Waals surface area contributed by atoms with E-state index in [9.17, 15) is 9.59 Å². The Morgan fingerprint density at radius 1 is 1.35 bits per heavy atom. The Bertz CT molecular complexity index is 656. The molecule has 3 amide bonds. The molecule has 0 bridgehead atoms. The minimum absolute atomic E-state index is 0.0642. The standard InChI is InChI=1S/C14H12N4O2/c1-14(11-5-2-4-10(8-11)9-16)12(19)18(7-3-6-15)13(20)17-14/h2,4-5,8H,3,7H2,1H3,(H,17,20). The molecule has 1 aromatic carbocycles. The molecule has 0 spiro atoms. The van der Waals surface area contributed by atoms with Gasteiger partial charge in [0.15, 0.2) is 0 Å². The molecule has 0 radical (unpaired) electrons. The van der Waals surface area contributed by atoms with Crippen molar-refractivity contribution in [1.82, 2.24) is 10.2 Å². The molecule has 100 valence electrons. The van der Waals surface area contributed by atoms with Crippen molar-refractivity contribution in [2.75, 3.05) is 6.54 Å². The smallest absolute Gasteiger partial charge is 0.319 e. The predicted molar refractivity (Wildman–Crippen MR) is 69.0 cm³/mol. The number of hydrogen-bond acceptors (Lipinski definition) is 4. The minimum atomic E-state index is -1.20. The SMILES string of the molecule is CC1(c2cccc(C#N)c2)NC(=O)N(CCC#N)C1=O. The highest BCUT2D eigenvalue weighted by atomic mass is 16.2. The van der Waals surface area contributed by atoms with Crippen LogP contribution in [0.4, 0.5) is 4.79 Å². The Kier molecular flexibility index (Phi) is 3.41. The molecule has 1 aliphatic heterocycles. The van der Waals surface area contributed by atoms with Crippen LogP contribution in [-0.4, -0.2) is 23.4 Å². The number of urea groups is 1. The lowest BCUT2D eigenvalue weighted by Crippen LogP contribution is -2.41. The number of carbonyl (C=O) groups excluding carboxylic acids is 2. The summed E-state index contributed by atoms with van der Waals surface area (Å²) in [5.41, 5.74) is -0.227. The van der Waals surface area contributed by atoms with Crippen molar-refractivity contribution < 1.29 is 9.59 Å². The van der Waals surface area contributed by atoms with Crippen LogP contribution in [0.1, 0.15) is 24.5 Å². The molecule has 0 aromatic heterocycles. The van der Waals surface area contributed by atoms with Gasteiger partial charge in [-0.1, -0.05) is 12.1 Å². The van der Waals surface area contributed by atoms with Crippen molar-refractivity contribution in [2.24, 2.45) is 0 Å². The van der Waals surface area contributed by atoms with Gasteiger partial charge < -0.3 is 5.32 Å². The maximum absolute atomic E-state index is 12.4. The summed E-state index contributed by atoms with van der Waals surface area (Å²) < 4.78 is 0. The normalized spacial score (nSPS) is 21.2. The van der Waals surface area contributed by atoms with E-state index in [1.807, 2.05) is 12.1 Å². The van der Waals surface area contributed by atoms with Gasteiger partial charge in [0, 0.05) is 6.54 Å². The summed E-state index contributed by atoms with van der Waals surface area (Å²) in [6.07, 6.45) is 0.0907. The summed E-state index contributed by atoms with van der Waals surface area (Å²) in [6.45, 7) is 1.66. The number of rotatable bonds is 3. The van der Waals surface area contributed by atoms with Crippen LogP contribution in [0, 0.1) is 22.7 Å². The van der Waals surface area contributed by atoms with Crippen molar-refractivity contribution in [2.45, 2.75) is 18.9 Å². The molecule has 0 aliphatic carbocycles. The van der Waals surface area contributed by atoms with Gasteiger partial charge in [0.25, 0.3) is 5.91 Å². The Morgan fingerprint density at radius 2 is 2.10 bits per heavy atom. The molecule has 0 saturated carbocycles. The molecule has 1 heterocycles. The van der Waals surface area contributed by atoms with Gasteiger partial charge in [-0.05, 0) is 24.6 Å². The molecule has 1 aliphatic rings. The third-order valence-electron chi connectivity index (χ3n) is 3.29. The van der Waals surface area contributed by atoms with Crippen LogP contribution in [0.25, 0.3) is 0 Å². The fraction of sp³-hybridized carbons (Fsp3) is 0.286. The number of imide groups is 1. The maximum Gasteiger partial charge on any atom is 0.325 e. The number of amides is 3. The van der Waals surface area contributed by atoms with E-state index in [4.69, 9.17) is 10.5 Å². The average molecular weight is 268 g/mol. The molecule has 1 aromatic rings. The van der Waals surface area contributed by atoms with Crippen LogP contribution in [-0.2, 0) is 10.3 Å². The molecule has 6 nitrogen and oxygen atoms in total. The highest BCUT2D eigenvalue weighted by Crippen LogP contribution is 2.29. The van der Waals surface area contributed by atoms with E-state index in [0.717, 1.165) is 4.90 Å². The molecule has 1 unspecified atom stereocenters. The Morgan fingerprint density at radius 3 is 2.75 bits per heavy atom. The predicted octanol–water partition coefficient (Wildman–Crippen LogP) is 1.24. The van der Waals surface area contributed by atoms with Crippen molar-refractivity contribution in [1.29, 1.82) is 10.5 Å². The highest BCUT2D eigenvalue weighted by Gasteiger charge is 2.48. The van der Waals surface area contributed by atoms with Gasteiger partial charge in [0.2, 0.25) is 0 Å². The van der Waals surface area contributed by atoms with E-state index < -0.39 is 17.5 Å². The van der Waals surface area contributed by atoms with E-state index in [1.54, 1.807) is 31.2 Å². The van der Waals surface area contributed by atoms with Crippen LogP contribution >= 0.6 is 0 Å². The third-order valence-corrected chi connectivity index (χ3v) is 3.29. The summed E-state index contributed by atoms with van der Waals surface area (Å²) >= 11 is 0. The summed E-state index contributed by atoms with van der Waals surface area (Å²) in [6, 6.07) is 9.94. The molecule has 2 rings (SSSR count). The fourth-order valence-electron chi connectivity index (χ4n) is 2.16.